The van der Waals surface area contributed by atoms with E-state index in [0.29, 0.717) is 38.9 Å². The maximum Gasteiger partial charge on any atom is 0.249 e. The highest BCUT2D eigenvalue weighted by molar-refractivity contribution is 7.87. The van der Waals surface area contributed by atoms with Gasteiger partial charge >= 0.3 is 0 Å². The van der Waals surface area contributed by atoms with Crippen molar-refractivity contribution >= 4 is 28.3 Å². The molecule has 1 aliphatic heterocycles. The topological polar surface area (TPSA) is 46.6 Å². The lowest BCUT2D eigenvalue weighted by molar-refractivity contribution is -0.166. The van der Waals surface area contributed by atoms with Crippen molar-refractivity contribution in [2.75, 3.05) is 13.2 Å². The van der Waals surface area contributed by atoms with Crippen LogP contribution in [0.15, 0.2) is 0 Å². The molecule has 4 aliphatic rings. The fourth-order valence-electron chi connectivity index (χ4n) is 6.80. The van der Waals surface area contributed by atoms with Crippen LogP contribution in [0.4, 0.5) is 13.2 Å². The third-order valence-corrected chi connectivity index (χ3v) is 11.8. The number of hydrogen-bond donors (Lipinski definition) is 0. The van der Waals surface area contributed by atoms with Crippen LogP contribution >= 0.6 is 11.6 Å². The Hall–Kier alpha value is -0.340. The Morgan fingerprint density at radius 2 is 1.68 bits per heavy atom. The van der Waals surface area contributed by atoms with Gasteiger partial charge in [-0.15, -0.1) is 11.6 Å². The molecule has 0 spiro atoms. The maximum atomic E-state index is 15.8. The number of halogens is 4. The van der Waals surface area contributed by atoms with Gasteiger partial charge in [-0.25, -0.2) is 13.2 Å². The van der Waals surface area contributed by atoms with Crippen LogP contribution in [-0.2, 0) is 20.3 Å². The Morgan fingerprint density at radius 3 is 2.21 bits per heavy atom. The number of alkyl halides is 4. The minimum atomic E-state index is -2.78. The normalized spacial score (nSPS) is 37.1. The third kappa shape index (κ3) is 5.34. The summed E-state index contributed by atoms with van der Waals surface area (Å²) in [7, 11) is -1.10. The molecular formula is C25H39ClF3NO3S. The summed E-state index contributed by atoms with van der Waals surface area (Å²) in [6, 6.07) is -0.853. The summed E-state index contributed by atoms with van der Waals surface area (Å²) < 4.78 is 61.7. The van der Waals surface area contributed by atoms with E-state index in [1.807, 2.05) is 13.8 Å². The zero-order chi connectivity index (χ0) is 24.7. The predicted octanol–water partition coefficient (Wildman–Crippen LogP) is 5.62. The van der Waals surface area contributed by atoms with Gasteiger partial charge in [-0.1, -0.05) is 0 Å². The largest absolute Gasteiger partial charge is 0.381 e. The summed E-state index contributed by atoms with van der Waals surface area (Å²) in [5, 5.41) is 0.248. The summed E-state index contributed by atoms with van der Waals surface area (Å²) in [5.74, 6) is -3.87. The third-order valence-electron chi connectivity index (χ3n) is 8.74. The Morgan fingerprint density at radius 1 is 1.06 bits per heavy atom. The minimum Gasteiger partial charge on any atom is -0.381 e. The van der Waals surface area contributed by atoms with Crippen molar-refractivity contribution in [3.8, 4) is 0 Å². The highest BCUT2D eigenvalue weighted by Gasteiger charge is 2.54. The fourth-order valence-corrected chi connectivity index (χ4v) is 9.52. The minimum absolute atomic E-state index is 0.0330. The summed E-state index contributed by atoms with van der Waals surface area (Å²) in [6.45, 7) is 4.74. The van der Waals surface area contributed by atoms with Gasteiger partial charge in [0, 0.05) is 59.4 Å². The summed E-state index contributed by atoms with van der Waals surface area (Å²) in [4.78, 5) is 14.6. The SMILES string of the molecule is CC(C)N(C(=O)C1CC(F)(F)C1)C1CCC(C2(S(=O)C3CCC(Cl)CC3)CCOCC2)CC1F. The highest BCUT2D eigenvalue weighted by Crippen LogP contribution is 2.48. The first-order valence-corrected chi connectivity index (χ1v) is 14.7. The predicted molar refractivity (Wildman–Crippen MR) is 129 cm³/mol. The molecule has 0 radical (unpaired) electrons. The van der Waals surface area contributed by atoms with Gasteiger partial charge in [0.1, 0.15) is 6.17 Å². The smallest absolute Gasteiger partial charge is 0.249 e. The number of carbonyl (C=O) groups excluding carboxylic acids is 1. The Kier molecular flexibility index (Phi) is 8.30. The van der Waals surface area contributed by atoms with Gasteiger partial charge in [0.05, 0.1) is 10.8 Å². The van der Waals surface area contributed by atoms with Crippen LogP contribution in [0.2, 0.25) is 0 Å². The van der Waals surface area contributed by atoms with E-state index in [9.17, 15) is 17.8 Å². The standard InChI is InChI=1S/C25H39ClF3NO3S/c1-16(2)30(23(31)17-14-25(28,29)15-17)22-8-3-18(13-21(22)27)24(9-11-33-12-10-24)34(32)20-6-4-19(26)5-7-20/h16-22H,3-15H2,1-2H3. The number of nitrogens with zero attached hydrogens (tertiary/aromatic N) is 1. The highest BCUT2D eigenvalue weighted by atomic mass is 35.5. The Bertz CT molecular complexity index is 748. The molecule has 0 bridgehead atoms. The first-order valence-electron chi connectivity index (χ1n) is 13.0. The Labute approximate surface area is 209 Å². The zero-order valence-electron chi connectivity index (χ0n) is 20.3. The zero-order valence-corrected chi connectivity index (χ0v) is 21.9. The van der Waals surface area contributed by atoms with E-state index in [-0.39, 0.29) is 34.9 Å². The summed E-state index contributed by atoms with van der Waals surface area (Å²) in [5.41, 5.74) is 0. The number of ether oxygens (including phenoxy) is 1. The molecule has 9 heteroatoms. The second-order valence-corrected chi connectivity index (χ2v) is 13.9. The quantitative estimate of drug-likeness (QED) is 0.423. The van der Waals surface area contributed by atoms with E-state index in [1.165, 1.54) is 4.90 Å². The Balaban J connectivity index is 1.47. The van der Waals surface area contributed by atoms with E-state index in [0.717, 1.165) is 25.7 Å². The monoisotopic (exact) mass is 525 g/mol. The lowest BCUT2D eigenvalue weighted by atomic mass is 9.72. The number of rotatable bonds is 6. The average molecular weight is 526 g/mol. The van der Waals surface area contributed by atoms with Gasteiger partial charge in [-0.05, 0) is 77.6 Å². The van der Waals surface area contributed by atoms with E-state index < -0.39 is 52.4 Å². The number of hydrogen-bond acceptors (Lipinski definition) is 3. The van der Waals surface area contributed by atoms with Crippen molar-refractivity contribution in [3.63, 3.8) is 0 Å². The molecule has 3 saturated carbocycles. The van der Waals surface area contributed by atoms with Crippen molar-refractivity contribution in [2.45, 2.75) is 124 Å². The van der Waals surface area contributed by atoms with Crippen LogP contribution in [0, 0.1) is 11.8 Å². The van der Waals surface area contributed by atoms with Gasteiger partial charge < -0.3 is 9.64 Å². The second kappa shape index (κ2) is 10.6. The molecule has 0 aromatic heterocycles. The molecule has 4 nitrogen and oxygen atoms in total. The van der Waals surface area contributed by atoms with Crippen LogP contribution in [0.25, 0.3) is 0 Å². The maximum absolute atomic E-state index is 15.8. The van der Waals surface area contributed by atoms with Crippen molar-refractivity contribution in [1.29, 1.82) is 0 Å². The lowest BCUT2D eigenvalue weighted by Crippen LogP contribution is -2.58. The van der Waals surface area contributed by atoms with Crippen molar-refractivity contribution < 1.29 is 26.9 Å². The second-order valence-electron chi connectivity index (χ2n) is 11.2. The van der Waals surface area contributed by atoms with Crippen molar-refractivity contribution in [3.05, 3.63) is 0 Å². The van der Waals surface area contributed by atoms with Gasteiger partial charge in [0.2, 0.25) is 11.8 Å². The van der Waals surface area contributed by atoms with Gasteiger partial charge in [-0.3, -0.25) is 9.00 Å². The van der Waals surface area contributed by atoms with E-state index in [2.05, 4.69) is 0 Å². The summed E-state index contributed by atoms with van der Waals surface area (Å²) >= 11 is 6.28. The van der Waals surface area contributed by atoms with Crippen LogP contribution in [-0.4, -0.2) is 67.8 Å². The molecule has 0 N–H and O–H groups in total. The average Bonchev–Trinajstić information content (AvgIpc) is 2.78. The fraction of sp³-hybridized carbons (Fsp3) is 0.960. The molecule has 196 valence electrons. The molecule has 4 unspecified atom stereocenters. The molecule has 4 atom stereocenters. The summed E-state index contributed by atoms with van der Waals surface area (Å²) in [6.07, 6.45) is 4.09. The van der Waals surface area contributed by atoms with E-state index in [1.54, 1.807) is 0 Å². The van der Waals surface area contributed by atoms with Gasteiger partial charge in [0.25, 0.3) is 0 Å². The number of amides is 1. The van der Waals surface area contributed by atoms with Crippen molar-refractivity contribution in [1.82, 2.24) is 4.90 Å². The lowest BCUT2D eigenvalue weighted by Gasteiger charge is -2.50. The molecular weight excluding hydrogens is 487 g/mol. The van der Waals surface area contributed by atoms with Crippen LogP contribution in [0.1, 0.15) is 84.5 Å². The molecule has 0 aromatic carbocycles. The first-order chi connectivity index (χ1) is 16.0. The van der Waals surface area contributed by atoms with E-state index in [4.69, 9.17) is 16.3 Å². The van der Waals surface area contributed by atoms with Gasteiger partial charge in [-0.2, -0.15) is 0 Å². The van der Waals surface area contributed by atoms with E-state index >= 15 is 4.39 Å². The van der Waals surface area contributed by atoms with Crippen LogP contribution < -0.4 is 0 Å². The van der Waals surface area contributed by atoms with Gasteiger partial charge in [0.15, 0.2) is 0 Å². The van der Waals surface area contributed by atoms with Crippen LogP contribution in [0.3, 0.4) is 0 Å². The molecule has 4 fully saturated rings. The first kappa shape index (κ1) is 26.7. The molecule has 4 rings (SSSR count). The van der Waals surface area contributed by atoms with Crippen molar-refractivity contribution in [2.24, 2.45) is 11.8 Å². The number of carbonyl (C=O) groups is 1. The molecule has 0 aromatic rings. The molecule has 3 aliphatic carbocycles. The molecule has 34 heavy (non-hydrogen) atoms. The van der Waals surface area contributed by atoms with Crippen LogP contribution in [0.5, 0.6) is 0 Å². The molecule has 1 amide bonds. The molecule has 1 saturated heterocycles. The molecule has 1 heterocycles.